The van der Waals surface area contributed by atoms with E-state index in [2.05, 4.69) is 10.1 Å². The summed E-state index contributed by atoms with van der Waals surface area (Å²) in [6.45, 7) is 2.22. The fourth-order valence-corrected chi connectivity index (χ4v) is 1.20. The van der Waals surface area contributed by atoms with Crippen LogP contribution in [0.4, 0.5) is 0 Å². The molecule has 0 atom stereocenters. The van der Waals surface area contributed by atoms with Crippen LogP contribution in [0.5, 0.6) is 0 Å². The molecule has 0 fully saturated rings. The lowest BCUT2D eigenvalue weighted by atomic mass is 10.4. The highest BCUT2D eigenvalue weighted by atomic mass is 16.5. The Morgan fingerprint density at radius 2 is 2.35 bits per heavy atom. The van der Waals surface area contributed by atoms with Crippen LogP contribution in [0.25, 0.3) is 11.7 Å². The summed E-state index contributed by atoms with van der Waals surface area (Å²) in [6.07, 6.45) is 0. The number of nitrogens with zero attached hydrogens (tertiary/aromatic N) is 2. The summed E-state index contributed by atoms with van der Waals surface area (Å²) in [5, 5.41) is 3.49. The average molecular weight is 237 g/mol. The van der Waals surface area contributed by atoms with E-state index >= 15 is 0 Å². The van der Waals surface area contributed by atoms with Crippen LogP contribution < -0.4 is 5.73 Å². The van der Waals surface area contributed by atoms with Crippen LogP contribution in [0.1, 0.15) is 23.3 Å². The molecule has 0 spiro atoms. The van der Waals surface area contributed by atoms with Crippen molar-refractivity contribution in [2.45, 2.75) is 13.5 Å². The summed E-state index contributed by atoms with van der Waals surface area (Å²) in [6, 6.07) is 3.34. The minimum absolute atomic E-state index is 0.118. The van der Waals surface area contributed by atoms with Gasteiger partial charge in [0.25, 0.3) is 11.7 Å². The van der Waals surface area contributed by atoms with Gasteiger partial charge < -0.3 is 19.4 Å². The van der Waals surface area contributed by atoms with Crippen LogP contribution in [0, 0.1) is 0 Å². The first-order valence-electron chi connectivity index (χ1n) is 5.04. The average Bonchev–Trinajstić information content (AvgIpc) is 2.98. The highest BCUT2D eigenvalue weighted by molar-refractivity contribution is 5.85. The summed E-state index contributed by atoms with van der Waals surface area (Å²) in [5.41, 5.74) is 5.40. The van der Waals surface area contributed by atoms with Crippen molar-refractivity contribution in [2.75, 3.05) is 6.61 Å². The van der Waals surface area contributed by atoms with Gasteiger partial charge in [-0.2, -0.15) is 4.98 Å². The number of hydrogen-bond acceptors (Lipinski definition) is 7. The maximum atomic E-state index is 11.3. The molecule has 17 heavy (non-hydrogen) atoms. The number of hydrogen-bond donors (Lipinski definition) is 1. The van der Waals surface area contributed by atoms with E-state index in [1.807, 2.05) is 0 Å². The van der Waals surface area contributed by atoms with E-state index < -0.39 is 5.97 Å². The van der Waals surface area contributed by atoms with Crippen LogP contribution in [-0.2, 0) is 11.3 Å². The molecule has 0 saturated carbocycles. The highest BCUT2D eigenvalue weighted by Crippen LogP contribution is 2.20. The van der Waals surface area contributed by atoms with E-state index in [-0.39, 0.29) is 24.9 Å². The zero-order valence-electron chi connectivity index (χ0n) is 9.17. The van der Waals surface area contributed by atoms with Crippen molar-refractivity contribution in [2.24, 2.45) is 5.73 Å². The molecule has 90 valence electrons. The van der Waals surface area contributed by atoms with Crippen LogP contribution >= 0.6 is 0 Å². The van der Waals surface area contributed by atoms with Gasteiger partial charge in [-0.15, -0.1) is 0 Å². The van der Waals surface area contributed by atoms with E-state index in [1.54, 1.807) is 19.1 Å². The summed E-state index contributed by atoms with van der Waals surface area (Å²) < 4.78 is 14.9. The van der Waals surface area contributed by atoms with E-state index in [9.17, 15) is 4.79 Å². The second-order valence-corrected chi connectivity index (χ2v) is 3.11. The summed E-state index contributed by atoms with van der Waals surface area (Å²) in [7, 11) is 0. The Bertz CT molecular complexity index is 517. The van der Waals surface area contributed by atoms with Gasteiger partial charge in [-0.25, -0.2) is 4.79 Å². The predicted molar refractivity (Wildman–Crippen MR) is 55.8 cm³/mol. The molecule has 0 aliphatic carbocycles. The summed E-state index contributed by atoms with van der Waals surface area (Å²) in [4.78, 5) is 15.2. The molecular weight excluding hydrogens is 226 g/mol. The molecule has 0 aromatic carbocycles. The number of carbonyl (C=O) groups excluding carboxylic acids is 1. The van der Waals surface area contributed by atoms with Crippen LogP contribution in [-0.4, -0.2) is 22.7 Å². The molecule has 7 heteroatoms. The van der Waals surface area contributed by atoms with Gasteiger partial charge in [0.2, 0.25) is 0 Å². The molecule has 0 unspecified atom stereocenters. The SMILES string of the molecule is CCOC(=O)c1noc(-c2ccc(CN)o2)n1. The summed E-state index contributed by atoms with van der Waals surface area (Å²) >= 11 is 0. The normalized spacial score (nSPS) is 10.5. The molecule has 2 N–H and O–H groups in total. The molecule has 0 aliphatic rings. The van der Waals surface area contributed by atoms with Crippen LogP contribution in [0.2, 0.25) is 0 Å². The third kappa shape index (κ3) is 2.34. The molecule has 2 aromatic heterocycles. The van der Waals surface area contributed by atoms with Crippen molar-refractivity contribution in [3.8, 4) is 11.7 Å². The van der Waals surface area contributed by atoms with Gasteiger partial charge in [-0.05, 0) is 24.2 Å². The quantitative estimate of drug-likeness (QED) is 0.789. The molecule has 0 amide bonds. The van der Waals surface area contributed by atoms with Gasteiger partial charge in [0.05, 0.1) is 13.2 Å². The van der Waals surface area contributed by atoms with Crippen molar-refractivity contribution >= 4 is 5.97 Å². The number of ether oxygens (including phenoxy) is 1. The number of rotatable bonds is 4. The van der Waals surface area contributed by atoms with Crippen molar-refractivity contribution < 1.29 is 18.5 Å². The lowest BCUT2D eigenvalue weighted by Gasteiger charge is -1.93. The highest BCUT2D eigenvalue weighted by Gasteiger charge is 2.18. The van der Waals surface area contributed by atoms with E-state index in [1.165, 1.54) is 0 Å². The van der Waals surface area contributed by atoms with E-state index in [0.717, 1.165) is 0 Å². The number of furan rings is 1. The van der Waals surface area contributed by atoms with Gasteiger partial charge in [0, 0.05) is 0 Å². The molecule has 0 bridgehead atoms. The first-order chi connectivity index (χ1) is 8.24. The van der Waals surface area contributed by atoms with Crippen molar-refractivity contribution in [1.82, 2.24) is 10.1 Å². The molecule has 2 rings (SSSR count). The largest absolute Gasteiger partial charge is 0.460 e. The molecule has 0 aliphatic heterocycles. The monoisotopic (exact) mass is 237 g/mol. The standard InChI is InChI=1S/C10H11N3O4/c1-2-15-10(14)8-12-9(17-13-8)7-4-3-6(5-11)16-7/h3-4H,2,5,11H2,1H3. The second kappa shape index (κ2) is 4.79. The second-order valence-electron chi connectivity index (χ2n) is 3.11. The molecule has 2 aromatic rings. The molecular formula is C10H11N3O4. The third-order valence-corrected chi connectivity index (χ3v) is 1.96. The topological polar surface area (TPSA) is 104 Å². The van der Waals surface area contributed by atoms with Crippen molar-refractivity contribution in [3.63, 3.8) is 0 Å². The van der Waals surface area contributed by atoms with E-state index in [0.29, 0.717) is 11.5 Å². The lowest BCUT2D eigenvalue weighted by Crippen LogP contribution is -2.06. The fourth-order valence-electron chi connectivity index (χ4n) is 1.20. The molecule has 0 radical (unpaired) electrons. The van der Waals surface area contributed by atoms with Crippen molar-refractivity contribution in [3.05, 3.63) is 23.7 Å². The minimum atomic E-state index is -0.631. The predicted octanol–water partition coefficient (Wildman–Crippen LogP) is 0.965. The lowest BCUT2D eigenvalue weighted by molar-refractivity contribution is 0.0508. The zero-order chi connectivity index (χ0) is 12.3. The minimum Gasteiger partial charge on any atom is -0.460 e. The third-order valence-electron chi connectivity index (χ3n) is 1.96. The molecule has 0 saturated heterocycles. The number of nitrogens with two attached hydrogens (primary N) is 1. The number of aromatic nitrogens is 2. The van der Waals surface area contributed by atoms with Gasteiger partial charge in [-0.1, -0.05) is 0 Å². The Labute approximate surface area is 96.5 Å². The number of carbonyl (C=O) groups is 1. The first kappa shape index (κ1) is 11.3. The fraction of sp³-hybridized carbons (Fsp3) is 0.300. The Hall–Kier alpha value is -2.15. The number of esters is 1. The van der Waals surface area contributed by atoms with Crippen molar-refractivity contribution in [1.29, 1.82) is 0 Å². The maximum Gasteiger partial charge on any atom is 0.379 e. The summed E-state index contributed by atoms with van der Waals surface area (Å²) in [5.74, 6) is 0.317. The van der Waals surface area contributed by atoms with E-state index in [4.69, 9.17) is 19.4 Å². The molecule has 2 heterocycles. The van der Waals surface area contributed by atoms with Crippen LogP contribution in [0.3, 0.4) is 0 Å². The maximum absolute atomic E-state index is 11.3. The zero-order valence-corrected chi connectivity index (χ0v) is 9.17. The first-order valence-corrected chi connectivity index (χ1v) is 5.04. The Kier molecular flexibility index (Phi) is 3.20. The van der Waals surface area contributed by atoms with Gasteiger partial charge >= 0.3 is 5.97 Å². The Balaban J connectivity index is 2.20. The van der Waals surface area contributed by atoms with Gasteiger partial charge in [-0.3, -0.25) is 0 Å². The Morgan fingerprint density at radius 1 is 1.53 bits per heavy atom. The van der Waals surface area contributed by atoms with Gasteiger partial charge in [0.1, 0.15) is 5.76 Å². The smallest absolute Gasteiger partial charge is 0.379 e. The van der Waals surface area contributed by atoms with Crippen LogP contribution in [0.15, 0.2) is 21.1 Å². The Morgan fingerprint density at radius 3 is 3.00 bits per heavy atom. The van der Waals surface area contributed by atoms with Gasteiger partial charge in [0.15, 0.2) is 5.76 Å². The molecule has 7 nitrogen and oxygen atoms in total.